The molecular weight excluding hydrogens is 240 g/mol. The average Bonchev–Trinajstić information content (AvgIpc) is 2.36. The number of amides is 2. The maximum absolute atomic E-state index is 11.7. The van der Waals surface area contributed by atoms with Crippen molar-refractivity contribution in [3.63, 3.8) is 0 Å². The van der Waals surface area contributed by atoms with E-state index in [1.165, 1.54) is 7.11 Å². The number of hydrogen-bond donors (Lipinski definition) is 4. The number of benzene rings is 1. The molecule has 2 amide bonds. The third-order valence-electron chi connectivity index (χ3n) is 2.16. The second-order valence-corrected chi connectivity index (χ2v) is 3.37. The van der Waals surface area contributed by atoms with Crippen molar-refractivity contribution in [2.24, 2.45) is 0 Å². The molecule has 0 bridgehead atoms. The summed E-state index contributed by atoms with van der Waals surface area (Å²) in [6.45, 7) is -0.632. The maximum atomic E-state index is 11.7. The van der Waals surface area contributed by atoms with Gasteiger partial charge in [-0.3, -0.25) is 4.79 Å². The number of hydrogen-bond acceptors (Lipinski definition) is 4. The molecule has 0 aliphatic rings. The lowest BCUT2D eigenvalue weighted by Gasteiger charge is -2.15. The van der Waals surface area contributed by atoms with Crippen LogP contribution in [0.4, 0.5) is 10.5 Å². The third-order valence-corrected chi connectivity index (χ3v) is 2.16. The van der Waals surface area contributed by atoms with Crippen molar-refractivity contribution in [1.29, 1.82) is 0 Å². The van der Waals surface area contributed by atoms with Crippen LogP contribution in [0.5, 0.6) is 5.75 Å². The number of carbonyl (C=O) groups excluding carboxylic acids is 1. The Hall–Kier alpha value is -2.28. The lowest BCUT2D eigenvalue weighted by atomic mass is 10.2. The first kappa shape index (κ1) is 13.8. The van der Waals surface area contributed by atoms with Gasteiger partial charge in [-0.2, -0.15) is 0 Å². The van der Waals surface area contributed by atoms with Gasteiger partial charge in [0.25, 0.3) is 0 Å². The normalized spacial score (nSPS) is 11.4. The molecule has 7 nitrogen and oxygen atoms in total. The zero-order valence-electron chi connectivity index (χ0n) is 9.71. The maximum Gasteiger partial charge on any atom is 0.405 e. The summed E-state index contributed by atoms with van der Waals surface area (Å²) in [6, 6.07) is 5.44. The highest BCUT2D eigenvalue weighted by Crippen LogP contribution is 2.22. The number of rotatable bonds is 5. The number of ether oxygens (including phenoxy) is 1. The molecule has 0 heterocycles. The summed E-state index contributed by atoms with van der Waals surface area (Å²) in [7, 11) is 1.45. The summed E-state index contributed by atoms with van der Waals surface area (Å²) in [5.74, 6) is -0.220. The lowest BCUT2D eigenvalue weighted by molar-refractivity contribution is -0.118. The number of carbonyl (C=O) groups is 2. The fourth-order valence-corrected chi connectivity index (χ4v) is 1.31. The molecule has 0 radical (unpaired) electrons. The van der Waals surface area contributed by atoms with Gasteiger partial charge in [0.15, 0.2) is 0 Å². The molecule has 0 aliphatic carbocycles. The Labute approximate surface area is 103 Å². The molecule has 0 saturated carbocycles. The number of aliphatic hydroxyl groups is 1. The highest BCUT2D eigenvalue weighted by atomic mass is 16.5. The van der Waals surface area contributed by atoms with Crippen LogP contribution >= 0.6 is 0 Å². The number of carboxylic acid groups (broad SMARTS) is 1. The van der Waals surface area contributed by atoms with Gasteiger partial charge in [0.2, 0.25) is 5.91 Å². The minimum Gasteiger partial charge on any atom is -0.495 e. The topological polar surface area (TPSA) is 108 Å². The van der Waals surface area contributed by atoms with E-state index in [1.807, 2.05) is 5.32 Å². The Morgan fingerprint density at radius 2 is 2.06 bits per heavy atom. The summed E-state index contributed by atoms with van der Waals surface area (Å²) in [4.78, 5) is 22.1. The van der Waals surface area contributed by atoms with Gasteiger partial charge >= 0.3 is 6.09 Å². The summed E-state index contributed by atoms with van der Waals surface area (Å²) in [5, 5.41) is 21.8. The van der Waals surface area contributed by atoms with E-state index in [0.717, 1.165) is 0 Å². The van der Waals surface area contributed by atoms with E-state index in [-0.39, 0.29) is 0 Å². The molecule has 1 atom stereocenters. The van der Waals surface area contributed by atoms with Crippen LogP contribution in [0.15, 0.2) is 24.3 Å². The molecule has 98 valence electrons. The fourth-order valence-electron chi connectivity index (χ4n) is 1.31. The van der Waals surface area contributed by atoms with E-state index in [4.69, 9.17) is 14.9 Å². The summed E-state index contributed by atoms with van der Waals surface area (Å²) < 4.78 is 5.03. The van der Waals surface area contributed by atoms with Gasteiger partial charge in [-0.15, -0.1) is 0 Å². The molecular formula is C11H14N2O5. The zero-order valence-corrected chi connectivity index (χ0v) is 9.71. The standard InChI is InChI=1S/C11H14N2O5/c1-18-9-5-3-2-4-7(9)12-10(15)8(6-14)13-11(16)17/h2-5,8,13-14H,6H2,1H3,(H,12,15)(H,16,17). The Kier molecular flexibility index (Phi) is 4.94. The van der Waals surface area contributed by atoms with Crippen molar-refractivity contribution in [3.8, 4) is 5.75 Å². The van der Waals surface area contributed by atoms with Crippen molar-refractivity contribution in [2.75, 3.05) is 19.0 Å². The highest BCUT2D eigenvalue weighted by Gasteiger charge is 2.20. The van der Waals surface area contributed by atoms with E-state index < -0.39 is 24.6 Å². The number of methoxy groups -OCH3 is 1. The van der Waals surface area contributed by atoms with Gasteiger partial charge in [0.05, 0.1) is 19.4 Å². The van der Waals surface area contributed by atoms with Crippen LogP contribution in [0, 0.1) is 0 Å². The lowest BCUT2D eigenvalue weighted by Crippen LogP contribution is -2.45. The van der Waals surface area contributed by atoms with Gasteiger partial charge < -0.3 is 25.6 Å². The molecule has 7 heteroatoms. The molecule has 0 saturated heterocycles. The molecule has 0 aromatic heterocycles. The monoisotopic (exact) mass is 254 g/mol. The third kappa shape index (κ3) is 3.63. The highest BCUT2D eigenvalue weighted by molar-refractivity contribution is 5.97. The molecule has 0 aliphatic heterocycles. The van der Waals surface area contributed by atoms with Crippen molar-refractivity contribution >= 4 is 17.7 Å². The van der Waals surface area contributed by atoms with Gasteiger partial charge in [0, 0.05) is 0 Å². The summed E-state index contributed by atoms with van der Waals surface area (Å²) >= 11 is 0. The van der Waals surface area contributed by atoms with Crippen LogP contribution in [-0.2, 0) is 4.79 Å². The smallest absolute Gasteiger partial charge is 0.405 e. The van der Waals surface area contributed by atoms with Crippen LogP contribution in [0.1, 0.15) is 0 Å². The SMILES string of the molecule is COc1ccccc1NC(=O)C(CO)NC(=O)O. The minimum atomic E-state index is -1.38. The Morgan fingerprint density at radius 1 is 1.39 bits per heavy atom. The van der Waals surface area contributed by atoms with Crippen LogP contribution in [0.25, 0.3) is 0 Å². The molecule has 1 rings (SSSR count). The number of anilines is 1. The Balaban J connectivity index is 2.76. The summed E-state index contributed by atoms with van der Waals surface area (Å²) in [5.41, 5.74) is 0.399. The van der Waals surface area contributed by atoms with Gasteiger partial charge in [-0.05, 0) is 12.1 Å². The van der Waals surface area contributed by atoms with Crippen molar-refractivity contribution in [3.05, 3.63) is 24.3 Å². The van der Waals surface area contributed by atoms with Crippen molar-refractivity contribution in [1.82, 2.24) is 5.32 Å². The Morgan fingerprint density at radius 3 is 2.61 bits per heavy atom. The van der Waals surface area contributed by atoms with Gasteiger partial charge in [0.1, 0.15) is 11.8 Å². The van der Waals surface area contributed by atoms with Crippen LogP contribution in [0.2, 0.25) is 0 Å². The first-order valence-corrected chi connectivity index (χ1v) is 5.12. The second-order valence-electron chi connectivity index (χ2n) is 3.37. The number of aliphatic hydroxyl groups excluding tert-OH is 1. The molecule has 1 aromatic carbocycles. The zero-order chi connectivity index (χ0) is 13.5. The Bertz CT molecular complexity index is 435. The number of nitrogens with one attached hydrogen (secondary N) is 2. The molecule has 4 N–H and O–H groups in total. The van der Waals surface area contributed by atoms with Crippen molar-refractivity contribution < 1.29 is 24.5 Å². The van der Waals surface area contributed by atoms with Crippen molar-refractivity contribution in [2.45, 2.75) is 6.04 Å². The van der Waals surface area contributed by atoms with Crippen LogP contribution in [0.3, 0.4) is 0 Å². The predicted molar refractivity (Wildman–Crippen MR) is 63.7 cm³/mol. The molecule has 18 heavy (non-hydrogen) atoms. The molecule has 1 aromatic rings. The first-order valence-electron chi connectivity index (χ1n) is 5.12. The molecule has 0 fully saturated rings. The van der Waals surface area contributed by atoms with E-state index in [0.29, 0.717) is 11.4 Å². The first-order chi connectivity index (χ1) is 8.58. The van der Waals surface area contributed by atoms with E-state index in [1.54, 1.807) is 24.3 Å². The van der Waals surface area contributed by atoms with Crippen LogP contribution in [-0.4, -0.2) is 42.0 Å². The van der Waals surface area contributed by atoms with Crippen LogP contribution < -0.4 is 15.4 Å². The van der Waals surface area contributed by atoms with E-state index in [9.17, 15) is 9.59 Å². The van der Waals surface area contributed by atoms with Gasteiger partial charge in [-0.25, -0.2) is 4.79 Å². The van der Waals surface area contributed by atoms with Gasteiger partial charge in [-0.1, -0.05) is 12.1 Å². The summed E-state index contributed by atoms with van der Waals surface area (Å²) in [6.07, 6.45) is -1.38. The van der Waals surface area contributed by atoms with E-state index in [2.05, 4.69) is 5.32 Å². The average molecular weight is 254 g/mol. The number of para-hydroxylation sites is 2. The van der Waals surface area contributed by atoms with E-state index >= 15 is 0 Å². The second kappa shape index (κ2) is 6.45. The molecule has 1 unspecified atom stereocenters. The fraction of sp³-hybridized carbons (Fsp3) is 0.273. The molecule has 0 spiro atoms. The largest absolute Gasteiger partial charge is 0.495 e. The predicted octanol–water partition coefficient (Wildman–Crippen LogP) is 0.262. The quantitative estimate of drug-likeness (QED) is 0.603. The minimum absolute atomic E-state index is 0.399.